The van der Waals surface area contributed by atoms with Gasteiger partial charge < -0.3 is 14.6 Å². The van der Waals surface area contributed by atoms with Crippen LogP contribution in [0, 0.1) is 0 Å². The molecule has 0 saturated carbocycles. The molecular formula is C17H22F3NO4. The molecule has 2 aliphatic rings. The SMILES string of the molecule is COc1cccc(CN2CCC3(CCCO3)C2)c1.O=C(O)C(F)(F)F. The van der Waals surface area contributed by atoms with E-state index < -0.39 is 12.1 Å². The van der Waals surface area contributed by atoms with Gasteiger partial charge in [-0.2, -0.15) is 13.2 Å². The maximum atomic E-state index is 10.6. The lowest BCUT2D eigenvalue weighted by atomic mass is 10.00. The molecule has 1 N–H and O–H groups in total. The largest absolute Gasteiger partial charge is 0.497 e. The molecule has 25 heavy (non-hydrogen) atoms. The van der Waals surface area contributed by atoms with Crippen LogP contribution in [0.25, 0.3) is 0 Å². The van der Waals surface area contributed by atoms with Crippen LogP contribution < -0.4 is 4.74 Å². The first-order chi connectivity index (χ1) is 11.7. The van der Waals surface area contributed by atoms with Crippen LogP contribution in [0.3, 0.4) is 0 Å². The number of alkyl halides is 3. The van der Waals surface area contributed by atoms with Crippen molar-refractivity contribution < 1.29 is 32.5 Å². The van der Waals surface area contributed by atoms with Gasteiger partial charge in [-0.25, -0.2) is 4.79 Å². The van der Waals surface area contributed by atoms with E-state index in [1.54, 1.807) is 7.11 Å². The third-order valence-corrected chi connectivity index (χ3v) is 4.36. The average molecular weight is 361 g/mol. The van der Waals surface area contributed by atoms with E-state index in [-0.39, 0.29) is 5.60 Å². The molecule has 2 aliphatic heterocycles. The van der Waals surface area contributed by atoms with E-state index in [1.807, 2.05) is 6.07 Å². The van der Waals surface area contributed by atoms with E-state index >= 15 is 0 Å². The highest BCUT2D eigenvalue weighted by atomic mass is 19.4. The summed E-state index contributed by atoms with van der Waals surface area (Å²) < 4.78 is 43.0. The molecule has 1 aromatic rings. The molecule has 0 radical (unpaired) electrons. The average Bonchev–Trinajstić information content (AvgIpc) is 3.17. The van der Waals surface area contributed by atoms with Crippen molar-refractivity contribution in [2.75, 3.05) is 26.8 Å². The lowest BCUT2D eigenvalue weighted by Crippen LogP contribution is -2.32. The topological polar surface area (TPSA) is 59.0 Å². The van der Waals surface area contributed by atoms with Gasteiger partial charge in [-0.3, -0.25) is 4.90 Å². The Labute approximate surface area is 144 Å². The van der Waals surface area contributed by atoms with Gasteiger partial charge in [-0.15, -0.1) is 0 Å². The highest BCUT2D eigenvalue weighted by Gasteiger charge is 2.41. The summed E-state index contributed by atoms with van der Waals surface area (Å²) in [7, 11) is 1.72. The first-order valence-corrected chi connectivity index (χ1v) is 8.03. The Bertz CT molecular complexity index is 586. The van der Waals surface area contributed by atoms with Crippen LogP contribution in [0.4, 0.5) is 13.2 Å². The molecule has 1 aromatic carbocycles. The number of hydrogen-bond donors (Lipinski definition) is 1. The van der Waals surface area contributed by atoms with Crippen molar-refractivity contribution in [3.8, 4) is 5.75 Å². The zero-order valence-electron chi connectivity index (χ0n) is 14.0. The van der Waals surface area contributed by atoms with Gasteiger partial charge in [0.25, 0.3) is 0 Å². The van der Waals surface area contributed by atoms with E-state index in [0.717, 1.165) is 32.0 Å². The van der Waals surface area contributed by atoms with Crippen LogP contribution in [0.15, 0.2) is 24.3 Å². The second-order valence-electron chi connectivity index (χ2n) is 6.25. The standard InChI is InChI=1S/C15H21NO2.C2HF3O2/c1-17-14-5-2-4-13(10-14)11-16-8-7-15(12-16)6-3-9-18-15;3-2(4,5)1(6)7/h2,4-5,10H,3,6-9,11-12H2,1H3;(H,6,7). The van der Waals surface area contributed by atoms with Crippen molar-refractivity contribution in [1.29, 1.82) is 0 Å². The number of hydrogen-bond acceptors (Lipinski definition) is 4. The Hall–Kier alpha value is -1.80. The Morgan fingerprint density at radius 3 is 2.68 bits per heavy atom. The second kappa shape index (κ2) is 8.05. The summed E-state index contributed by atoms with van der Waals surface area (Å²) in [6, 6.07) is 8.35. The molecule has 0 aliphatic carbocycles. The molecule has 1 atom stereocenters. The highest BCUT2D eigenvalue weighted by Crippen LogP contribution is 2.35. The zero-order valence-corrected chi connectivity index (χ0v) is 14.0. The molecule has 0 amide bonds. The van der Waals surface area contributed by atoms with E-state index in [9.17, 15) is 13.2 Å². The lowest BCUT2D eigenvalue weighted by molar-refractivity contribution is -0.192. The van der Waals surface area contributed by atoms with Gasteiger partial charge in [-0.1, -0.05) is 12.1 Å². The number of carbonyl (C=O) groups is 1. The van der Waals surface area contributed by atoms with Crippen LogP contribution in [0.2, 0.25) is 0 Å². The second-order valence-corrected chi connectivity index (χ2v) is 6.25. The third-order valence-electron chi connectivity index (χ3n) is 4.36. The predicted molar refractivity (Wildman–Crippen MR) is 84.5 cm³/mol. The number of benzene rings is 1. The first kappa shape index (κ1) is 19.5. The van der Waals surface area contributed by atoms with Gasteiger partial charge >= 0.3 is 12.1 Å². The Kier molecular flexibility index (Phi) is 6.29. The summed E-state index contributed by atoms with van der Waals surface area (Å²) in [5, 5.41) is 7.12. The van der Waals surface area contributed by atoms with Crippen molar-refractivity contribution in [2.45, 2.75) is 37.6 Å². The molecule has 2 fully saturated rings. The molecule has 2 saturated heterocycles. The number of methoxy groups -OCH3 is 1. The number of aliphatic carboxylic acids is 1. The summed E-state index contributed by atoms with van der Waals surface area (Å²) >= 11 is 0. The molecule has 1 spiro atoms. The summed E-state index contributed by atoms with van der Waals surface area (Å²) in [5.74, 6) is -1.81. The highest BCUT2D eigenvalue weighted by molar-refractivity contribution is 5.73. The number of carboxylic acids is 1. The summed E-state index contributed by atoms with van der Waals surface area (Å²) in [5.41, 5.74) is 1.50. The van der Waals surface area contributed by atoms with E-state index in [0.29, 0.717) is 0 Å². The van der Waals surface area contributed by atoms with Gasteiger partial charge in [0.15, 0.2) is 0 Å². The zero-order chi connectivity index (χ0) is 18.5. The number of carboxylic acid groups (broad SMARTS) is 1. The van der Waals surface area contributed by atoms with Gasteiger partial charge in [0.1, 0.15) is 5.75 Å². The minimum Gasteiger partial charge on any atom is -0.497 e. The van der Waals surface area contributed by atoms with Gasteiger partial charge in [0, 0.05) is 26.2 Å². The molecule has 5 nitrogen and oxygen atoms in total. The molecular weight excluding hydrogens is 339 g/mol. The molecule has 1 unspecified atom stereocenters. The minimum absolute atomic E-state index is 0.179. The van der Waals surface area contributed by atoms with Crippen LogP contribution in [-0.2, 0) is 16.1 Å². The molecule has 8 heteroatoms. The molecule has 2 heterocycles. The number of rotatable bonds is 3. The van der Waals surface area contributed by atoms with Crippen molar-refractivity contribution in [3.63, 3.8) is 0 Å². The van der Waals surface area contributed by atoms with Gasteiger partial charge in [0.05, 0.1) is 12.7 Å². The Balaban J connectivity index is 0.000000277. The van der Waals surface area contributed by atoms with Crippen LogP contribution >= 0.6 is 0 Å². The Morgan fingerprint density at radius 2 is 2.12 bits per heavy atom. The van der Waals surface area contributed by atoms with Crippen molar-refractivity contribution in [1.82, 2.24) is 4.90 Å². The fourth-order valence-corrected chi connectivity index (χ4v) is 3.17. The normalized spacial score (nSPS) is 23.4. The van der Waals surface area contributed by atoms with E-state index in [1.165, 1.54) is 24.8 Å². The fourth-order valence-electron chi connectivity index (χ4n) is 3.17. The summed E-state index contributed by atoms with van der Waals surface area (Å²) in [4.78, 5) is 11.4. The number of halogens is 3. The third kappa shape index (κ3) is 5.61. The maximum Gasteiger partial charge on any atom is 0.490 e. The minimum atomic E-state index is -5.08. The van der Waals surface area contributed by atoms with Crippen molar-refractivity contribution in [2.24, 2.45) is 0 Å². The molecule has 0 aromatic heterocycles. The van der Waals surface area contributed by atoms with E-state index in [4.69, 9.17) is 19.4 Å². The first-order valence-electron chi connectivity index (χ1n) is 8.03. The van der Waals surface area contributed by atoms with Crippen LogP contribution in [-0.4, -0.2) is 54.6 Å². The molecule has 140 valence electrons. The monoisotopic (exact) mass is 361 g/mol. The molecule has 3 rings (SSSR count). The van der Waals surface area contributed by atoms with Crippen molar-refractivity contribution >= 4 is 5.97 Å². The van der Waals surface area contributed by atoms with Gasteiger partial charge in [0.2, 0.25) is 0 Å². The summed E-state index contributed by atoms with van der Waals surface area (Å²) in [6.45, 7) is 4.19. The van der Waals surface area contributed by atoms with Gasteiger partial charge in [-0.05, 0) is 37.0 Å². The fraction of sp³-hybridized carbons (Fsp3) is 0.588. The van der Waals surface area contributed by atoms with Crippen LogP contribution in [0.5, 0.6) is 5.75 Å². The number of nitrogens with zero attached hydrogens (tertiary/aromatic N) is 1. The van der Waals surface area contributed by atoms with Crippen molar-refractivity contribution in [3.05, 3.63) is 29.8 Å². The molecule has 0 bridgehead atoms. The Morgan fingerprint density at radius 1 is 1.40 bits per heavy atom. The van der Waals surface area contributed by atoms with Crippen LogP contribution in [0.1, 0.15) is 24.8 Å². The number of likely N-dealkylation sites (tertiary alicyclic amines) is 1. The lowest BCUT2D eigenvalue weighted by Gasteiger charge is -2.23. The van der Waals surface area contributed by atoms with E-state index in [2.05, 4.69) is 23.1 Å². The number of ether oxygens (including phenoxy) is 2. The predicted octanol–water partition coefficient (Wildman–Crippen LogP) is 3.08. The maximum absolute atomic E-state index is 10.6. The quantitative estimate of drug-likeness (QED) is 0.897. The smallest absolute Gasteiger partial charge is 0.490 e. The summed E-state index contributed by atoms with van der Waals surface area (Å²) in [6.07, 6.45) is -1.43.